The molecule has 1 heterocycles. The second kappa shape index (κ2) is 7.76. The summed E-state index contributed by atoms with van der Waals surface area (Å²) >= 11 is 8.19. The van der Waals surface area contributed by atoms with Crippen LogP contribution in [-0.2, 0) is 0 Å². The molecule has 1 aromatic heterocycles. The summed E-state index contributed by atoms with van der Waals surface area (Å²) in [5, 5.41) is 4.02. The zero-order valence-electron chi connectivity index (χ0n) is 10.3. The summed E-state index contributed by atoms with van der Waals surface area (Å²) in [6.07, 6.45) is 4.92. The molecule has 0 aliphatic carbocycles. The van der Waals surface area contributed by atoms with Crippen LogP contribution in [0.2, 0.25) is 0 Å². The summed E-state index contributed by atoms with van der Waals surface area (Å²) < 4.78 is 0. The van der Waals surface area contributed by atoms with Crippen LogP contribution >= 0.6 is 25.3 Å². The SMILES string of the molecule is CCCCC(CC)CNc1nc(S)nc(S)n1. The van der Waals surface area contributed by atoms with E-state index < -0.39 is 0 Å². The number of thiol groups is 2. The molecule has 4 nitrogen and oxygen atoms in total. The molecule has 1 aromatic rings. The molecule has 1 unspecified atom stereocenters. The zero-order valence-corrected chi connectivity index (χ0v) is 12.1. The predicted octanol–water partition coefficient (Wildman–Crippen LogP) is 3.08. The number of nitrogens with zero attached hydrogens (tertiary/aromatic N) is 3. The second-order valence-corrected chi connectivity index (χ2v) is 4.86. The maximum absolute atomic E-state index is 4.10. The Kier molecular flexibility index (Phi) is 6.65. The highest BCUT2D eigenvalue weighted by atomic mass is 32.1. The van der Waals surface area contributed by atoms with Gasteiger partial charge in [-0.2, -0.15) is 15.0 Å². The van der Waals surface area contributed by atoms with Gasteiger partial charge in [0.1, 0.15) is 0 Å². The molecule has 0 saturated carbocycles. The molecule has 0 aliphatic heterocycles. The van der Waals surface area contributed by atoms with Crippen molar-refractivity contribution < 1.29 is 0 Å². The first kappa shape index (κ1) is 14.6. The van der Waals surface area contributed by atoms with Gasteiger partial charge in [-0.3, -0.25) is 0 Å². The van der Waals surface area contributed by atoms with E-state index in [4.69, 9.17) is 0 Å². The van der Waals surface area contributed by atoms with E-state index in [-0.39, 0.29) is 0 Å². The number of nitrogens with one attached hydrogen (secondary N) is 1. The van der Waals surface area contributed by atoms with E-state index in [0.29, 0.717) is 22.2 Å². The normalized spacial score (nSPS) is 12.5. The van der Waals surface area contributed by atoms with Crippen molar-refractivity contribution in [2.45, 2.75) is 49.8 Å². The Morgan fingerprint density at radius 2 is 1.76 bits per heavy atom. The summed E-state index contributed by atoms with van der Waals surface area (Å²) in [7, 11) is 0. The monoisotopic (exact) mass is 272 g/mol. The van der Waals surface area contributed by atoms with Gasteiger partial charge in [-0.15, -0.1) is 25.3 Å². The summed E-state index contributed by atoms with van der Waals surface area (Å²) in [5.74, 6) is 1.23. The third-order valence-electron chi connectivity index (χ3n) is 2.70. The molecule has 1 atom stereocenters. The number of hydrogen-bond acceptors (Lipinski definition) is 6. The number of unbranched alkanes of at least 4 members (excludes halogenated alkanes) is 1. The summed E-state index contributed by atoms with van der Waals surface area (Å²) in [6, 6.07) is 0. The van der Waals surface area contributed by atoms with Crippen LogP contribution in [0.1, 0.15) is 39.5 Å². The van der Waals surface area contributed by atoms with Gasteiger partial charge in [0.2, 0.25) is 5.95 Å². The van der Waals surface area contributed by atoms with E-state index in [0.717, 1.165) is 6.54 Å². The van der Waals surface area contributed by atoms with Crippen LogP contribution in [0, 0.1) is 5.92 Å². The van der Waals surface area contributed by atoms with Crippen molar-refractivity contribution in [3.05, 3.63) is 0 Å². The minimum atomic E-state index is 0.397. The van der Waals surface area contributed by atoms with Crippen LogP contribution in [0.5, 0.6) is 0 Å². The van der Waals surface area contributed by atoms with Crippen molar-refractivity contribution in [2.24, 2.45) is 5.92 Å². The van der Waals surface area contributed by atoms with Gasteiger partial charge < -0.3 is 5.32 Å². The Morgan fingerprint density at radius 3 is 2.29 bits per heavy atom. The lowest BCUT2D eigenvalue weighted by atomic mass is 9.99. The Bertz CT molecular complexity index is 326. The first-order valence-electron chi connectivity index (χ1n) is 6.03. The third-order valence-corrected chi connectivity index (χ3v) is 3.10. The van der Waals surface area contributed by atoms with Crippen LogP contribution in [0.4, 0.5) is 5.95 Å². The van der Waals surface area contributed by atoms with Crippen LogP contribution in [0.25, 0.3) is 0 Å². The molecule has 0 bridgehead atoms. The van der Waals surface area contributed by atoms with E-state index in [1.807, 2.05) is 0 Å². The van der Waals surface area contributed by atoms with Gasteiger partial charge in [0.05, 0.1) is 0 Å². The van der Waals surface area contributed by atoms with Crippen LogP contribution < -0.4 is 5.32 Å². The second-order valence-electron chi connectivity index (χ2n) is 4.06. The van der Waals surface area contributed by atoms with Crippen molar-refractivity contribution in [1.29, 1.82) is 0 Å². The largest absolute Gasteiger partial charge is 0.354 e. The van der Waals surface area contributed by atoms with E-state index in [1.54, 1.807) is 0 Å². The fourth-order valence-electron chi connectivity index (χ4n) is 1.61. The molecule has 1 N–H and O–H groups in total. The molecular weight excluding hydrogens is 252 g/mol. The summed E-state index contributed by atoms with van der Waals surface area (Å²) in [6.45, 7) is 5.32. The Morgan fingerprint density at radius 1 is 1.12 bits per heavy atom. The standard InChI is InChI=1S/C11H20N4S2/c1-3-5-6-8(4-2)7-12-9-13-10(16)15-11(17)14-9/h8H,3-7H2,1-2H3,(H3,12,13,14,15,16,17). The highest BCUT2D eigenvalue weighted by molar-refractivity contribution is 7.80. The number of anilines is 1. The Balaban J connectivity index is 2.47. The van der Waals surface area contributed by atoms with Crippen molar-refractivity contribution in [3.63, 3.8) is 0 Å². The van der Waals surface area contributed by atoms with Gasteiger partial charge in [0, 0.05) is 6.54 Å². The van der Waals surface area contributed by atoms with Crippen LogP contribution in [-0.4, -0.2) is 21.5 Å². The molecule has 0 aliphatic rings. The molecule has 96 valence electrons. The molecule has 0 amide bonds. The van der Waals surface area contributed by atoms with E-state index in [1.165, 1.54) is 25.7 Å². The Labute approximate surface area is 114 Å². The number of hydrogen-bond donors (Lipinski definition) is 3. The highest BCUT2D eigenvalue weighted by Gasteiger charge is 2.07. The number of aromatic nitrogens is 3. The maximum Gasteiger partial charge on any atom is 0.227 e. The highest BCUT2D eigenvalue weighted by Crippen LogP contribution is 2.14. The average molecular weight is 272 g/mol. The summed E-state index contributed by atoms with van der Waals surface area (Å²) in [5.41, 5.74) is 0. The maximum atomic E-state index is 4.10. The van der Waals surface area contributed by atoms with Crippen molar-refractivity contribution >= 4 is 31.2 Å². The molecule has 1 rings (SSSR count). The average Bonchev–Trinajstić information content (AvgIpc) is 2.28. The Hall–Kier alpha value is -0.490. The topological polar surface area (TPSA) is 50.7 Å². The van der Waals surface area contributed by atoms with Gasteiger partial charge in [0.15, 0.2) is 10.3 Å². The van der Waals surface area contributed by atoms with E-state index in [2.05, 4.69) is 59.4 Å². The van der Waals surface area contributed by atoms with Gasteiger partial charge in [-0.1, -0.05) is 33.1 Å². The zero-order chi connectivity index (χ0) is 12.7. The smallest absolute Gasteiger partial charge is 0.227 e. The quantitative estimate of drug-likeness (QED) is 0.668. The van der Waals surface area contributed by atoms with Gasteiger partial charge in [0.25, 0.3) is 0 Å². The molecule has 6 heteroatoms. The van der Waals surface area contributed by atoms with Gasteiger partial charge in [-0.05, 0) is 12.3 Å². The predicted molar refractivity (Wildman–Crippen MR) is 76.1 cm³/mol. The van der Waals surface area contributed by atoms with Gasteiger partial charge in [-0.25, -0.2) is 0 Å². The lowest BCUT2D eigenvalue weighted by molar-refractivity contribution is 0.471. The number of rotatable bonds is 7. The van der Waals surface area contributed by atoms with Crippen LogP contribution in [0.3, 0.4) is 0 Å². The first-order valence-corrected chi connectivity index (χ1v) is 6.93. The van der Waals surface area contributed by atoms with Crippen molar-refractivity contribution in [1.82, 2.24) is 15.0 Å². The summed E-state index contributed by atoms with van der Waals surface area (Å²) in [4.78, 5) is 12.1. The minimum absolute atomic E-state index is 0.397. The molecule has 0 aromatic carbocycles. The molecule has 0 spiro atoms. The molecule has 0 radical (unpaired) electrons. The van der Waals surface area contributed by atoms with Crippen molar-refractivity contribution in [3.8, 4) is 0 Å². The minimum Gasteiger partial charge on any atom is -0.354 e. The lowest BCUT2D eigenvalue weighted by Gasteiger charge is -2.15. The molecular formula is C11H20N4S2. The van der Waals surface area contributed by atoms with E-state index in [9.17, 15) is 0 Å². The fraction of sp³-hybridized carbons (Fsp3) is 0.727. The van der Waals surface area contributed by atoms with Gasteiger partial charge >= 0.3 is 0 Å². The lowest BCUT2D eigenvalue weighted by Crippen LogP contribution is -2.15. The molecule has 17 heavy (non-hydrogen) atoms. The molecule has 0 fully saturated rings. The third kappa shape index (κ3) is 5.59. The van der Waals surface area contributed by atoms with Crippen LogP contribution in [0.15, 0.2) is 10.3 Å². The first-order chi connectivity index (χ1) is 8.15. The van der Waals surface area contributed by atoms with Crippen molar-refractivity contribution in [2.75, 3.05) is 11.9 Å². The molecule has 0 saturated heterocycles. The fourth-order valence-corrected chi connectivity index (χ4v) is 2.07. The van der Waals surface area contributed by atoms with E-state index >= 15 is 0 Å².